The van der Waals surface area contributed by atoms with Gasteiger partial charge in [-0.2, -0.15) is 0 Å². The Morgan fingerprint density at radius 1 is 1.47 bits per heavy atom. The number of halogens is 1. The van der Waals surface area contributed by atoms with Gasteiger partial charge in [0.05, 0.1) is 5.56 Å². The van der Waals surface area contributed by atoms with Gasteiger partial charge in [0.25, 0.3) is 5.91 Å². The fraction of sp³-hybridized carbons (Fsp3) is 0.200. The summed E-state index contributed by atoms with van der Waals surface area (Å²) in [7, 11) is 0. The van der Waals surface area contributed by atoms with E-state index in [0.717, 1.165) is 3.57 Å². The fourth-order valence-corrected chi connectivity index (χ4v) is 1.89. The van der Waals surface area contributed by atoms with E-state index in [4.69, 9.17) is 12.2 Å². The normalized spacial score (nSPS) is 9.47. The molecule has 0 atom stereocenters. The van der Waals surface area contributed by atoms with E-state index in [1.54, 1.807) is 6.07 Å². The van der Waals surface area contributed by atoms with Crippen LogP contribution < -0.4 is 10.6 Å². The summed E-state index contributed by atoms with van der Waals surface area (Å²) in [6.07, 6.45) is 0. The zero-order chi connectivity index (χ0) is 11.3. The van der Waals surface area contributed by atoms with E-state index in [2.05, 4.69) is 33.2 Å². The summed E-state index contributed by atoms with van der Waals surface area (Å²) in [5, 5.41) is 5.84. The van der Waals surface area contributed by atoms with Crippen molar-refractivity contribution in [2.45, 2.75) is 6.92 Å². The van der Waals surface area contributed by atoms with Crippen LogP contribution in [0.15, 0.2) is 24.3 Å². The highest BCUT2D eigenvalue weighted by molar-refractivity contribution is 14.1. The van der Waals surface area contributed by atoms with Gasteiger partial charge in [-0.05, 0) is 53.9 Å². The summed E-state index contributed by atoms with van der Waals surface area (Å²) in [5.74, 6) is -0.175. The van der Waals surface area contributed by atoms with E-state index in [0.29, 0.717) is 17.2 Å². The van der Waals surface area contributed by atoms with Gasteiger partial charge in [0, 0.05) is 10.1 Å². The summed E-state index contributed by atoms with van der Waals surface area (Å²) < 4.78 is 0.909. The molecule has 0 saturated heterocycles. The molecular weight excluding hydrogens is 323 g/mol. The van der Waals surface area contributed by atoms with Crippen LogP contribution in [0.3, 0.4) is 0 Å². The first-order valence-corrected chi connectivity index (χ1v) is 5.97. The van der Waals surface area contributed by atoms with Gasteiger partial charge in [0.15, 0.2) is 5.11 Å². The molecule has 0 radical (unpaired) electrons. The first-order valence-electron chi connectivity index (χ1n) is 4.49. The van der Waals surface area contributed by atoms with Gasteiger partial charge in [0.1, 0.15) is 0 Å². The lowest BCUT2D eigenvalue weighted by Gasteiger charge is -2.08. The molecule has 15 heavy (non-hydrogen) atoms. The number of nitrogens with one attached hydrogen (secondary N) is 2. The van der Waals surface area contributed by atoms with Gasteiger partial charge >= 0.3 is 0 Å². The minimum absolute atomic E-state index is 0.175. The zero-order valence-corrected chi connectivity index (χ0v) is 11.2. The molecule has 2 N–H and O–H groups in total. The van der Waals surface area contributed by atoms with Gasteiger partial charge in [-0.1, -0.05) is 12.1 Å². The average Bonchev–Trinajstić information content (AvgIpc) is 2.18. The molecule has 1 aromatic rings. The van der Waals surface area contributed by atoms with Gasteiger partial charge in [0.2, 0.25) is 0 Å². The van der Waals surface area contributed by atoms with Crippen molar-refractivity contribution in [3.8, 4) is 0 Å². The third kappa shape index (κ3) is 3.75. The molecule has 1 amide bonds. The predicted molar refractivity (Wildman–Crippen MR) is 72.9 cm³/mol. The molecule has 0 aromatic heterocycles. The minimum Gasteiger partial charge on any atom is -0.363 e. The molecule has 1 rings (SSSR count). The molecule has 0 fully saturated rings. The van der Waals surface area contributed by atoms with Crippen LogP contribution in [0.4, 0.5) is 0 Å². The highest BCUT2D eigenvalue weighted by atomic mass is 127. The number of benzene rings is 1. The second kappa shape index (κ2) is 6.02. The van der Waals surface area contributed by atoms with Crippen LogP contribution in [0, 0.1) is 3.57 Å². The van der Waals surface area contributed by atoms with E-state index in [-0.39, 0.29) is 5.91 Å². The lowest BCUT2D eigenvalue weighted by Crippen LogP contribution is -2.39. The Hall–Kier alpha value is -0.690. The number of rotatable bonds is 2. The Kier molecular flexibility index (Phi) is 4.97. The topological polar surface area (TPSA) is 41.1 Å². The number of hydrogen-bond acceptors (Lipinski definition) is 2. The van der Waals surface area contributed by atoms with E-state index < -0.39 is 0 Å². The maximum Gasteiger partial charge on any atom is 0.258 e. The van der Waals surface area contributed by atoms with Gasteiger partial charge in [-0.3, -0.25) is 10.1 Å². The van der Waals surface area contributed by atoms with Crippen LogP contribution in [-0.4, -0.2) is 17.6 Å². The summed E-state index contributed by atoms with van der Waals surface area (Å²) in [6, 6.07) is 7.37. The van der Waals surface area contributed by atoms with Crippen molar-refractivity contribution in [1.82, 2.24) is 10.6 Å². The third-order valence-electron chi connectivity index (χ3n) is 1.68. The number of thiocarbonyl (C=S) groups is 1. The molecule has 3 nitrogen and oxygen atoms in total. The van der Waals surface area contributed by atoms with Crippen LogP contribution >= 0.6 is 34.8 Å². The van der Waals surface area contributed by atoms with E-state index >= 15 is 0 Å². The van der Waals surface area contributed by atoms with Crippen molar-refractivity contribution in [3.63, 3.8) is 0 Å². The van der Waals surface area contributed by atoms with Crippen LogP contribution in [-0.2, 0) is 0 Å². The standard InChI is InChI=1S/C10H11IN2OS/c1-2-12-10(15)13-9(14)7-5-3-4-6-8(7)11/h3-6H,2H2,1H3,(H2,12,13,14,15). The predicted octanol–water partition coefficient (Wildman–Crippen LogP) is 1.92. The molecule has 80 valence electrons. The summed E-state index contributed by atoms with van der Waals surface area (Å²) in [5.41, 5.74) is 0.637. The lowest BCUT2D eigenvalue weighted by atomic mass is 10.2. The maximum absolute atomic E-state index is 11.7. The zero-order valence-electron chi connectivity index (χ0n) is 8.21. The smallest absolute Gasteiger partial charge is 0.258 e. The van der Waals surface area contributed by atoms with Crippen LogP contribution in [0.25, 0.3) is 0 Å². The van der Waals surface area contributed by atoms with Crippen molar-refractivity contribution in [2.75, 3.05) is 6.54 Å². The first-order chi connectivity index (χ1) is 7.15. The number of hydrogen-bond donors (Lipinski definition) is 2. The van der Waals surface area contributed by atoms with E-state index in [1.165, 1.54) is 0 Å². The Labute approximate surface area is 108 Å². The maximum atomic E-state index is 11.7. The Balaban J connectivity index is 2.70. The molecule has 5 heteroatoms. The van der Waals surface area contributed by atoms with Gasteiger partial charge in [-0.15, -0.1) is 0 Å². The second-order valence-electron chi connectivity index (χ2n) is 2.79. The number of carbonyl (C=O) groups is 1. The first kappa shape index (κ1) is 12.4. The van der Waals surface area contributed by atoms with Crippen molar-refractivity contribution >= 4 is 45.8 Å². The Morgan fingerprint density at radius 3 is 2.73 bits per heavy atom. The number of amides is 1. The largest absolute Gasteiger partial charge is 0.363 e. The molecule has 0 aliphatic carbocycles. The average molecular weight is 334 g/mol. The fourth-order valence-electron chi connectivity index (χ4n) is 1.02. The lowest BCUT2D eigenvalue weighted by molar-refractivity contribution is 0.0976. The quantitative estimate of drug-likeness (QED) is 0.641. The molecule has 0 saturated carbocycles. The molecule has 0 heterocycles. The molecule has 0 spiro atoms. The molecule has 0 bridgehead atoms. The van der Waals surface area contributed by atoms with Crippen LogP contribution in [0.1, 0.15) is 17.3 Å². The van der Waals surface area contributed by atoms with Gasteiger partial charge < -0.3 is 5.32 Å². The molecule has 0 aliphatic rings. The van der Waals surface area contributed by atoms with Crippen molar-refractivity contribution in [2.24, 2.45) is 0 Å². The van der Waals surface area contributed by atoms with Crippen molar-refractivity contribution in [3.05, 3.63) is 33.4 Å². The molecule has 0 aliphatic heterocycles. The van der Waals surface area contributed by atoms with Crippen molar-refractivity contribution < 1.29 is 4.79 Å². The SMILES string of the molecule is CCNC(=S)NC(=O)c1ccccc1I. The number of carbonyl (C=O) groups excluding carboxylic acids is 1. The van der Waals surface area contributed by atoms with Gasteiger partial charge in [-0.25, -0.2) is 0 Å². The summed E-state index contributed by atoms with van der Waals surface area (Å²) in [4.78, 5) is 11.7. The van der Waals surface area contributed by atoms with E-state index in [1.807, 2.05) is 25.1 Å². The van der Waals surface area contributed by atoms with Crippen LogP contribution in [0.5, 0.6) is 0 Å². The van der Waals surface area contributed by atoms with Crippen LogP contribution in [0.2, 0.25) is 0 Å². The Morgan fingerprint density at radius 2 is 2.13 bits per heavy atom. The summed E-state index contributed by atoms with van der Waals surface area (Å²) in [6.45, 7) is 2.62. The Bertz CT molecular complexity index is 381. The molecule has 1 aromatic carbocycles. The highest BCUT2D eigenvalue weighted by Crippen LogP contribution is 2.10. The minimum atomic E-state index is -0.175. The highest BCUT2D eigenvalue weighted by Gasteiger charge is 2.09. The van der Waals surface area contributed by atoms with Crippen molar-refractivity contribution in [1.29, 1.82) is 0 Å². The monoisotopic (exact) mass is 334 g/mol. The second-order valence-corrected chi connectivity index (χ2v) is 4.36. The van der Waals surface area contributed by atoms with E-state index in [9.17, 15) is 4.79 Å². The molecule has 0 unspecified atom stereocenters. The third-order valence-corrected chi connectivity index (χ3v) is 2.87. The summed E-state index contributed by atoms with van der Waals surface area (Å²) >= 11 is 7.05. The molecular formula is C10H11IN2OS.